The van der Waals surface area contributed by atoms with Crippen molar-refractivity contribution in [2.24, 2.45) is 0 Å². The van der Waals surface area contributed by atoms with Gasteiger partial charge in [-0.2, -0.15) is 0 Å². The number of rotatable bonds is 5. The first kappa shape index (κ1) is 13.6. The van der Waals surface area contributed by atoms with Crippen molar-refractivity contribution >= 4 is 5.78 Å². The molecule has 0 bridgehead atoms. The molecule has 1 heterocycles. The molecule has 16 heavy (non-hydrogen) atoms. The second kappa shape index (κ2) is 6.30. The zero-order chi connectivity index (χ0) is 12.1. The number of carbonyl (C=O) groups is 1. The molecule has 4 atom stereocenters. The van der Waals surface area contributed by atoms with Gasteiger partial charge in [0.2, 0.25) is 0 Å². The molecule has 1 fully saturated rings. The SMILES string of the molecule is CC(=O)CCCO[C@@H]1O[C@@H](C)[C@H](O)C[C@H]1O. The van der Waals surface area contributed by atoms with Gasteiger partial charge in [-0.25, -0.2) is 0 Å². The molecule has 0 amide bonds. The van der Waals surface area contributed by atoms with Crippen molar-refractivity contribution in [2.45, 2.75) is 57.7 Å². The van der Waals surface area contributed by atoms with Gasteiger partial charge in [-0.05, 0) is 20.3 Å². The highest BCUT2D eigenvalue weighted by atomic mass is 16.7. The summed E-state index contributed by atoms with van der Waals surface area (Å²) in [5, 5.41) is 19.0. The Morgan fingerprint density at radius 1 is 1.44 bits per heavy atom. The van der Waals surface area contributed by atoms with Crippen molar-refractivity contribution in [3.8, 4) is 0 Å². The van der Waals surface area contributed by atoms with E-state index < -0.39 is 18.5 Å². The number of ether oxygens (including phenoxy) is 2. The zero-order valence-corrected chi connectivity index (χ0v) is 9.76. The summed E-state index contributed by atoms with van der Waals surface area (Å²) < 4.78 is 10.6. The number of hydrogen-bond donors (Lipinski definition) is 2. The van der Waals surface area contributed by atoms with Crippen LogP contribution in [0.15, 0.2) is 0 Å². The standard InChI is InChI=1S/C11H20O5/c1-7(12)4-3-5-15-11-10(14)6-9(13)8(2)16-11/h8-11,13-14H,3-6H2,1-2H3/t8-,9+,10+,11+/m0/s1. The Kier molecular flexibility index (Phi) is 5.34. The number of aliphatic hydroxyl groups excluding tert-OH is 2. The number of Topliss-reactive ketones (excluding diaryl/α,β-unsaturated/α-hetero) is 1. The van der Waals surface area contributed by atoms with Crippen LogP contribution in [0.1, 0.15) is 33.1 Å². The van der Waals surface area contributed by atoms with Crippen molar-refractivity contribution in [2.75, 3.05) is 6.61 Å². The van der Waals surface area contributed by atoms with Gasteiger partial charge in [-0.3, -0.25) is 0 Å². The highest BCUT2D eigenvalue weighted by Crippen LogP contribution is 2.21. The first-order valence-electron chi connectivity index (χ1n) is 5.63. The number of carbonyl (C=O) groups excluding carboxylic acids is 1. The van der Waals surface area contributed by atoms with Crippen LogP contribution < -0.4 is 0 Å². The summed E-state index contributed by atoms with van der Waals surface area (Å²) >= 11 is 0. The molecule has 1 aliphatic heterocycles. The van der Waals surface area contributed by atoms with E-state index in [-0.39, 0.29) is 18.3 Å². The Labute approximate surface area is 95.4 Å². The summed E-state index contributed by atoms with van der Waals surface area (Å²) in [4.78, 5) is 10.7. The molecule has 5 heteroatoms. The van der Waals surface area contributed by atoms with Crippen molar-refractivity contribution in [3.63, 3.8) is 0 Å². The molecule has 0 aliphatic carbocycles. The summed E-state index contributed by atoms with van der Waals surface area (Å²) in [6.45, 7) is 3.65. The monoisotopic (exact) mass is 232 g/mol. The molecule has 0 spiro atoms. The quantitative estimate of drug-likeness (QED) is 0.664. The average molecular weight is 232 g/mol. The predicted octanol–water partition coefficient (Wildman–Crippen LogP) is 0.229. The molecule has 0 aromatic carbocycles. The molecular weight excluding hydrogens is 212 g/mol. The number of hydrogen-bond acceptors (Lipinski definition) is 5. The molecular formula is C11H20O5. The fraction of sp³-hybridized carbons (Fsp3) is 0.909. The van der Waals surface area contributed by atoms with Crippen LogP contribution in [0.25, 0.3) is 0 Å². The van der Waals surface area contributed by atoms with Gasteiger partial charge in [-0.15, -0.1) is 0 Å². The topological polar surface area (TPSA) is 76.0 Å². The van der Waals surface area contributed by atoms with Crippen LogP contribution in [0.3, 0.4) is 0 Å². The molecule has 0 aromatic heterocycles. The van der Waals surface area contributed by atoms with Crippen molar-refractivity contribution in [1.29, 1.82) is 0 Å². The Morgan fingerprint density at radius 2 is 2.12 bits per heavy atom. The third kappa shape index (κ3) is 4.17. The summed E-state index contributed by atoms with van der Waals surface area (Å²) in [5.74, 6) is 0.123. The van der Waals surface area contributed by atoms with Gasteiger partial charge in [0.25, 0.3) is 0 Å². The first-order chi connectivity index (χ1) is 7.50. The molecule has 1 rings (SSSR count). The van der Waals surface area contributed by atoms with E-state index in [0.29, 0.717) is 19.4 Å². The summed E-state index contributed by atoms with van der Waals surface area (Å²) in [6.07, 6.45) is -1.11. The minimum Gasteiger partial charge on any atom is -0.390 e. The number of ketones is 1. The molecule has 0 radical (unpaired) electrons. The maximum atomic E-state index is 10.7. The van der Waals surface area contributed by atoms with Gasteiger partial charge in [0.15, 0.2) is 6.29 Å². The Morgan fingerprint density at radius 3 is 2.75 bits per heavy atom. The minimum absolute atomic E-state index is 0.123. The summed E-state index contributed by atoms with van der Waals surface area (Å²) in [6, 6.07) is 0. The van der Waals surface area contributed by atoms with Gasteiger partial charge < -0.3 is 24.5 Å². The van der Waals surface area contributed by atoms with Crippen LogP contribution in [0, 0.1) is 0 Å². The lowest BCUT2D eigenvalue weighted by molar-refractivity contribution is -0.261. The molecule has 1 saturated heterocycles. The van der Waals surface area contributed by atoms with E-state index >= 15 is 0 Å². The van der Waals surface area contributed by atoms with Crippen LogP contribution in [0.5, 0.6) is 0 Å². The highest BCUT2D eigenvalue weighted by molar-refractivity contribution is 5.75. The molecule has 0 aromatic rings. The Balaban J connectivity index is 2.23. The van der Waals surface area contributed by atoms with E-state index in [4.69, 9.17) is 9.47 Å². The largest absolute Gasteiger partial charge is 0.390 e. The van der Waals surface area contributed by atoms with E-state index in [1.807, 2.05) is 0 Å². The van der Waals surface area contributed by atoms with Crippen molar-refractivity contribution in [3.05, 3.63) is 0 Å². The molecule has 0 saturated carbocycles. The zero-order valence-electron chi connectivity index (χ0n) is 9.76. The maximum Gasteiger partial charge on any atom is 0.183 e. The molecule has 2 N–H and O–H groups in total. The molecule has 0 unspecified atom stereocenters. The molecule has 94 valence electrons. The first-order valence-corrected chi connectivity index (χ1v) is 5.63. The lowest BCUT2D eigenvalue weighted by Crippen LogP contribution is -2.47. The van der Waals surface area contributed by atoms with Crippen LogP contribution >= 0.6 is 0 Å². The van der Waals surface area contributed by atoms with Gasteiger partial charge >= 0.3 is 0 Å². The van der Waals surface area contributed by atoms with E-state index in [1.165, 1.54) is 6.92 Å². The summed E-state index contributed by atoms with van der Waals surface area (Å²) in [7, 11) is 0. The Hall–Kier alpha value is -0.490. The van der Waals surface area contributed by atoms with Gasteiger partial charge in [0.05, 0.1) is 18.8 Å². The fourth-order valence-electron chi connectivity index (χ4n) is 1.61. The summed E-state index contributed by atoms with van der Waals surface area (Å²) in [5.41, 5.74) is 0. The van der Waals surface area contributed by atoms with Crippen molar-refractivity contribution < 1.29 is 24.5 Å². The highest BCUT2D eigenvalue weighted by Gasteiger charge is 2.34. The average Bonchev–Trinajstić information content (AvgIpc) is 2.19. The lowest BCUT2D eigenvalue weighted by Gasteiger charge is -2.35. The van der Waals surface area contributed by atoms with Gasteiger partial charge in [0, 0.05) is 12.8 Å². The molecule has 1 aliphatic rings. The van der Waals surface area contributed by atoms with E-state index in [0.717, 1.165) is 0 Å². The third-order valence-corrected chi connectivity index (χ3v) is 2.64. The maximum absolute atomic E-state index is 10.7. The van der Waals surface area contributed by atoms with E-state index in [1.54, 1.807) is 6.92 Å². The van der Waals surface area contributed by atoms with Crippen LogP contribution in [0.2, 0.25) is 0 Å². The van der Waals surface area contributed by atoms with E-state index in [9.17, 15) is 15.0 Å². The van der Waals surface area contributed by atoms with Gasteiger partial charge in [0.1, 0.15) is 11.9 Å². The normalized spacial score (nSPS) is 35.0. The predicted molar refractivity (Wildman–Crippen MR) is 56.8 cm³/mol. The van der Waals surface area contributed by atoms with Crippen LogP contribution in [-0.4, -0.2) is 47.2 Å². The second-order valence-electron chi connectivity index (χ2n) is 4.26. The van der Waals surface area contributed by atoms with Crippen LogP contribution in [0.4, 0.5) is 0 Å². The van der Waals surface area contributed by atoms with Crippen LogP contribution in [-0.2, 0) is 14.3 Å². The van der Waals surface area contributed by atoms with Gasteiger partial charge in [-0.1, -0.05) is 0 Å². The number of aliphatic hydroxyl groups is 2. The Bertz CT molecular complexity index is 230. The molecule has 5 nitrogen and oxygen atoms in total. The van der Waals surface area contributed by atoms with E-state index in [2.05, 4.69) is 0 Å². The minimum atomic E-state index is -0.802. The van der Waals surface area contributed by atoms with Crippen molar-refractivity contribution in [1.82, 2.24) is 0 Å². The second-order valence-corrected chi connectivity index (χ2v) is 4.26. The third-order valence-electron chi connectivity index (χ3n) is 2.64. The lowest BCUT2D eigenvalue weighted by atomic mass is 10.0. The smallest absolute Gasteiger partial charge is 0.183 e. The fourth-order valence-corrected chi connectivity index (χ4v) is 1.61.